The SMILES string of the molecule is CC(CC=Cc1cc(C=CCC(C)c2ccccc2)cc(C=CCC(c2ccccc2)[Si](C)(C)c2ccccc2)c1)O[Si](C)(C)c1ccccc1. The quantitative estimate of drug-likeness (QED) is 0.0929. The van der Waals surface area contributed by atoms with Crippen molar-refractivity contribution in [3.05, 3.63) is 186 Å². The lowest BCUT2D eigenvalue weighted by Gasteiger charge is -2.33. The van der Waals surface area contributed by atoms with Crippen molar-refractivity contribution in [1.29, 1.82) is 0 Å². The predicted octanol–water partition coefficient (Wildman–Crippen LogP) is 12.2. The van der Waals surface area contributed by atoms with Gasteiger partial charge in [-0.25, -0.2) is 0 Å². The van der Waals surface area contributed by atoms with Crippen LogP contribution in [0, 0.1) is 0 Å². The van der Waals surface area contributed by atoms with E-state index in [2.05, 4.69) is 216 Å². The van der Waals surface area contributed by atoms with Crippen LogP contribution >= 0.6 is 0 Å². The first-order valence-corrected chi connectivity index (χ1v) is 24.6. The Labute approximate surface area is 310 Å². The highest BCUT2D eigenvalue weighted by Gasteiger charge is 2.33. The molecule has 0 aliphatic rings. The first-order chi connectivity index (χ1) is 24.6. The van der Waals surface area contributed by atoms with Gasteiger partial charge < -0.3 is 4.43 Å². The molecule has 0 saturated carbocycles. The summed E-state index contributed by atoms with van der Waals surface area (Å²) in [7, 11) is -3.79. The molecule has 0 aliphatic heterocycles. The number of rotatable bonds is 16. The molecule has 0 heterocycles. The third kappa shape index (κ3) is 11.1. The van der Waals surface area contributed by atoms with Crippen LogP contribution in [0.5, 0.6) is 0 Å². The maximum absolute atomic E-state index is 6.66. The fourth-order valence-electron chi connectivity index (χ4n) is 7.11. The molecule has 3 heteroatoms. The number of allylic oxidation sites excluding steroid dienone is 2. The van der Waals surface area contributed by atoms with Gasteiger partial charge in [0.15, 0.2) is 0 Å². The van der Waals surface area contributed by atoms with Gasteiger partial charge in [-0.1, -0.05) is 183 Å². The van der Waals surface area contributed by atoms with Crippen molar-refractivity contribution >= 4 is 45.0 Å². The molecule has 5 aromatic rings. The molecule has 0 saturated heterocycles. The standard InChI is InChI=1S/C48H56OSi2/c1-39(44-27-11-7-12-28-44)22-19-24-41-36-42(25-20-23-40(2)49-51(5,6)47-33-17-10-18-34-47)38-43(37-41)26-21-35-48(45-29-13-8-14-30-45)50(3,4)46-31-15-9-16-32-46/h7-21,24-34,36-40,48H,22-23,35H2,1-6H3. The van der Waals surface area contributed by atoms with Crippen LogP contribution in [0.4, 0.5) is 0 Å². The maximum Gasteiger partial charge on any atom is 0.218 e. The Balaban J connectivity index is 1.36. The summed E-state index contributed by atoms with van der Waals surface area (Å²) >= 11 is 0. The van der Waals surface area contributed by atoms with Crippen LogP contribution in [0.15, 0.2) is 158 Å². The average molecular weight is 705 g/mol. The van der Waals surface area contributed by atoms with Gasteiger partial charge in [-0.2, -0.15) is 0 Å². The van der Waals surface area contributed by atoms with E-state index < -0.39 is 16.4 Å². The van der Waals surface area contributed by atoms with E-state index in [9.17, 15) is 0 Å². The number of benzene rings is 5. The van der Waals surface area contributed by atoms with Crippen LogP contribution in [0.1, 0.15) is 72.4 Å². The minimum absolute atomic E-state index is 0.150. The fourth-order valence-corrected chi connectivity index (χ4v) is 12.6. The molecule has 0 radical (unpaired) electrons. The van der Waals surface area contributed by atoms with Crippen LogP contribution < -0.4 is 10.4 Å². The van der Waals surface area contributed by atoms with Crippen molar-refractivity contribution in [1.82, 2.24) is 0 Å². The predicted molar refractivity (Wildman–Crippen MR) is 229 cm³/mol. The molecule has 5 aromatic carbocycles. The molecule has 0 fully saturated rings. The molecule has 0 aliphatic carbocycles. The van der Waals surface area contributed by atoms with Gasteiger partial charge in [0.1, 0.15) is 0 Å². The van der Waals surface area contributed by atoms with Crippen molar-refractivity contribution in [2.75, 3.05) is 0 Å². The van der Waals surface area contributed by atoms with Gasteiger partial charge in [0, 0.05) is 6.10 Å². The molecule has 51 heavy (non-hydrogen) atoms. The van der Waals surface area contributed by atoms with Crippen LogP contribution in [0.2, 0.25) is 26.2 Å². The van der Waals surface area contributed by atoms with Gasteiger partial charge >= 0.3 is 0 Å². The minimum Gasteiger partial charge on any atom is -0.410 e. The van der Waals surface area contributed by atoms with Crippen molar-refractivity contribution in [2.24, 2.45) is 0 Å². The van der Waals surface area contributed by atoms with Crippen molar-refractivity contribution < 1.29 is 4.43 Å². The van der Waals surface area contributed by atoms with Gasteiger partial charge in [0.25, 0.3) is 0 Å². The molecule has 5 rings (SSSR count). The van der Waals surface area contributed by atoms with Crippen LogP contribution in [-0.4, -0.2) is 22.5 Å². The highest BCUT2D eigenvalue weighted by atomic mass is 28.4. The summed E-state index contributed by atoms with van der Waals surface area (Å²) in [5, 5.41) is 2.84. The van der Waals surface area contributed by atoms with E-state index in [4.69, 9.17) is 4.43 Å². The summed E-state index contributed by atoms with van der Waals surface area (Å²) in [5.74, 6) is 0.474. The fraction of sp³-hybridized carbons (Fsp3) is 0.250. The van der Waals surface area contributed by atoms with Crippen LogP contribution in [0.25, 0.3) is 18.2 Å². The molecule has 0 aromatic heterocycles. The Morgan fingerprint density at radius 2 is 0.902 bits per heavy atom. The van der Waals surface area contributed by atoms with E-state index in [1.807, 2.05) is 0 Å². The Kier molecular flexibility index (Phi) is 13.6. The van der Waals surface area contributed by atoms with E-state index >= 15 is 0 Å². The zero-order valence-electron chi connectivity index (χ0n) is 31.5. The number of hydrogen-bond donors (Lipinski definition) is 0. The summed E-state index contributed by atoms with van der Waals surface area (Å²) in [6.07, 6.45) is 17.0. The smallest absolute Gasteiger partial charge is 0.218 e. The molecule has 0 spiro atoms. The largest absolute Gasteiger partial charge is 0.410 e. The summed E-state index contributed by atoms with van der Waals surface area (Å²) in [5.41, 5.74) is 6.98. The normalized spacial score (nSPS) is 14.3. The maximum atomic E-state index is 6.66. The van der Waals surface area contributed by atoms with Gasteiger partial charge in [-0.3, -0.25) is 0 Å². The zero-order chi connectivity index (χ0) is 36.1. The van der Waals surface area contributed by atoms with Crippen molar-refractivity contribution in [3.8, 4) is 0 Å². The second-order valence-electron chi connectivity index (χ2n) is 15.0. The average Bonchev–Trinajstić information content (AvgIpc) is 3.14. The summed E-state index contributed by atoms with van der Waals surface area (Å²) < 4.78 is 6.66. The topological polar surface area (TPSA) is 9.23 Å². The van der Waals surface area contributed by atoms with E-state index in [1.165, 1.54) is 38.2 Å². The molecule has 262 valence electrons. The van der Waals surface area contributed by atoms with E-state index in [-0.39, 0.29) is 6.10 Å². The highest BCUT2D eigenvalue weighted by molar-refractivity contribution is 6.91. The molecular formula is C48H56OSi2. The lowest BCUT2D eigenvalue weighted by Crippen LogP contribution is -2.47. The number of hydrogen-bond acceptors (Lipinski definition) is 1. The monoisotopic (exact) mass is 704 g/mol. The van der Waals surface area contributed by atoms with E-state index in [1.54, 1.807) is 0 Å². The minimum atomic E-state index is -1.97. The second kappa shape index (κ2) is 18.3. The van der Waals surface area contributed by atoms with Gasteiger partial charge in [-0.05, 0) is 102 Å². The summed E-state index contributed by atoms with van der Waals surface area (Å²) in [6.45, 7) is 14.1. The molecular weight excluding hydrogens is 649 g/mol. The Morgan fingerprint density at radius 3 is 1.41 bits per heavy atom. The van der Waals surface area contributed by atoms with E-state index in [0.717, 1.165) is 19.3 Å². The lowest BCUT2D eigenvalue weighted by molar-refractivity contribution is 0.221. The molecule has 3 atom stereocenters. The molecule has 1 nitrogen and oxygen atoms in total. The summed E-state index contributed by atoms with van der Waals surface area (Å²) in [6, 6.07) is 50.8. The molecule has 0 bridgehead atoms. The highest BCUT2D eigenvalue weighted by Crippen LogP contribution is 2.31. The van der Waals surface area contributed by atoms with E-state index in [0.29, 0.717) is 11.5 Å². The third-order valence-electron chi connectivity index (χ3n) is 10.2. The Bertz CT molecular complexity index is 1860. The van der Waals surface area contributed by atoms with Crippen molar-refractivity contribution in [2.45, 2.75) is 76.9 Å². The van der Waals surface area contributed by atoms with Crippen LogP contribution in [0.3, 0.4) is 0 Å². The summed E-state index contributed by atoms with van der Waals surface area (Å²) in [4.78, 5) is 0. The van der Waals surface area contributed by atoms with Gasteiger partial charge in [0.2, 0.25) is 8.32 Å². The molecule has 0 amide bonds. The van der Waals surface area contributed by atoms with Crippen LogP contribution in [-0.2, 0) is 4.43 Å². The van der Waals surface area contributed by atoms with Gasteiger partial charge in [-0.15, -0.1) is 0 Å². The Morgan fingerprint density at radius 1 is 0.490 bits per heavy atom. The second-order valence-corrected chi connectivity index (χ2v) is 23.6. The first-order valence-electron chi connectivity index (χ1n) is 18.7. The molecule has 3 unspecified atom stereocenters. The van der Waals surface area contributed by atoms with Crippen molar-refractivity contribution in [3.63, 3.8) is 0 Å². The zero-order valence-corrected chi connectivity index (χ0v) is 33.5. The third-order valence-corrected chi connectivity index (χ3v) is 17.0. The van der Waals surface area contributed by atoms with Gasteiger partial charge in [0.05, 0.1) is 8.07 Å². The first kappa shape index (κ1) is 38.0. The lowest BCUT2D eigenvalue weighted by atomic mass is 9.97. The molecule has 0 N–H and O–H groups in total. The Hall–Kier alpha value is -4.29.